The van der Waals surface area contributed by atoms with Crippen molar-refractivity contribution in [2.24, 2.45) is 0 Å². The van der Waals surface area contributed by atoms with Gasteiger partial charge in [-0.25, -0.2) is 0 Å². The first-order chi connectivity index (χ1) is 5.15. The van der Waals surface area contributed by atoms with Gasteiger partial charge in [0.15, 0.2) is 0 Å². The van der Waals surface area contributed by atoms with Gasteiger partial charge < -0.3 is 0 Å². The van der Waals surface area contributed by atoms with Crippen molar-refractivity contribution in [2.75, 3.05) is 0 Å². The summed E-state index contributed by atoms with van der Waals surface area (Å²) in [6.45, 7) is 5.78. The first kappa shape index (κ1) is 9.01. The molecular weight excluding hydrogens is 268 g/mol. The molecule has 0 fully saturated rings. The van der Waals surface area contributed by atoms with Gasteiger partial charge in [0.1, 0.15) is 0 Å². The van der Waals surface area contributed by atoms with E-state index in [1.54, 1.807) is 0 Å². The van der Waals surface area contributed by atoms with Crippen molar-refractivity contribution >= 4 is 37.9 Å². The second-order valence-corrected chi connectivity index (χ2v) is 4.04. The third kappa shape index (κ3) is 1.94. The van der Waals surface area contributed by atoms with Crippen molar-refractivity contribution in [3.05, 3.63) is 38.8 Å². The van der Waals surface area contributed by atoms with Crippen LogP contribution in [0, 0.1) is 6.92 Å². The largest absolute Gasteiger partial charge is 0.0984 e. The fourth-order valence-corrected chi connectivity index (χ4v) is 1.88. The summed E-state index contributed by atoms with van der Waals surface area (Å²) in [6.07, 6.45) is 1.84. The molecule has 0 N–H and O–H groups in total. The lowest BCUT2D eigenvalue weighted by Crippen LogP contribution is -1.80. The van der Waals surface area contributed by atoms with Crippen LogP contribution in [0.4, 0.5) is 0 Å². The van der Waals surface area contributed by atoms with Gasteiger partial charge in [-0.15, -0.1) is 0 Å². The van der Waals surface area contributed by atoms with E-state index in [0.29, 0.717) is 0 Å². The Morgan fingerprint density at radius 2 is 2.00 bits per heavy atom. The van der Waals surface area contributed by atoms with Gasteiger partial charge in [0.05, 0.1) is 0 Å². The van der Waals surface area contributed by atoms with E-state index < -0.39 is 0 Å². The molecule has 0 saturated heterocycles. The Kier molecular flexibility index (Phi) is 2.90. The molecular formula is C9H8Br2. The van der Waals surface area contributed by atoms with Crippen LogP contribution in [0.25, 0.3) is 6.08 Å². The van der Waals surface area contributed by atoms with Crippen LogP contribution >= 0.6 is 31.9 Å². The van der Waals surface area contributed by atoms with Crippen LogP contribution in [-0.2, 0) is 0 Å². The molecule has 0 aliphatic rings. The molecule has 0 aromatic heterocycles. The second-order valence-electron chi connectivity index (χ2n) is 2.33. The van der Waals surface area contributed by atoms with Crippen molar-refractivity contribution < 1.29 is 0 Å². The maximum Gasteiger partial charge on any atom is 0.0277 e. The quantitative estimate of drug-likeness (QED) is 0.722. The fraction of sp³-hybridized carbons (Fsp3) is 0.111. The fourth-order valence-electron chi connectivity index (χ4n) is 0.900. The molecule has 0 heterocycles. The molecule has 58 valence electrons. The molecule has 0 aliphatic carbocycles. The molecule has 1 aromatic rings. The van der Waals surface area contributed by atoms with Gasteiger partial charge >= 0.3 is 0 Å². The maximum atomic E-state index is 3.72. The first-order valence-corrected chi connectivity index (χ1v) is 4.82. The molecule has 0 atom stereocenters. The molecule has 0 saturated carbocycles. The monoisotopic (exact) mass is 274 g/mol. The van der Waals surface area contributed by atoms with E-state index in [-0.39, 0.29) is 0 Å². The lowest BCUT2D eigenvalue weighted by molar-refractivity contribution is 1.40. The molecule has 0 spiro atoms. The Morgan fingerprint density at radius 1 is 1.36 bits per heavy atom. The minimum atomic E-state index is 1.09. The van der Waals surface area contributed by atoms with Crippen LogP contribution in [0.1, 0.15) is 11.1 Å². The summed E-state index contributed by atoms with van der Waals surface area (Å²) >= 11 is 6.90. The van der Waals surface area contributed by atoms with E-state index in [2.05, 4.69) is 51.4 Å². The number of rotatable bonds is 1. The van der Waals surface area contributed by atoms with E-state index in [1.807, 2.05) is 12.1 Å². The van der Waals surface area contributed by atoms with Crippen molar-refractivity contribution in [2.45, 2.75) is 6.92 Å². The normalized spacial score (nSPS) is 9.73. The van der Waals surface area contributed by atoms with Crippen LogP contribution in [0.5, 0.6) is 0 Å². The highest BCUT2D eigenvalue weighted by atomic mass is 79.9. The van der Waals surface area contributed by atoms with E-state index in [1.165, 1.54) is 5.56 Å². The summed E-state index contributed by atoms with van der Waals surface area (Å²) in [5, 5.41) is 0. The van der Waals surface area contributed by atoms with Gasteiger partial charge in [0, 0.05) is 8.95 Å². The van der Waals surface area contributed by atoms with Gasteiger partial charge in [-0.2, -0.15) is 0 Å². The third-order valence-corrected chi connectivity index (χ3v) is 3.01. The lowest BCUT2D eigenvalue weighted by Gasteiger charge is -2.02. The summed E-state index contributed by atoms with van der Waals surface area (Å²) in [5.41, 5.74) is 2.34. The summed E-state index contributed by atoms with van der Waals surface area (Å²) in [5.74, 6) is 0. The SMILES string of the molecule is C=Cc1cc(Br)cc(C)c1Br. The average molecular weight is 276 g/mol. The van der Waals surface area contributed by atoms with E-state index in [4.69, 9.17) is 0 Å². The molecule has 0 radical (unpaired) electrons. The Hall–Kier alpha value is -0.0800. The van der Waals surface area contributed by atoms with Crippen LogP contribution < -0.4 is 0 Å². The molecule has 1 rings (SSSR count). The van der Waals surface area contributed by atoms with Crippen LogP contribution in [0.2, 0.25) is 0 Å². The highest BCUT2D eigenvalue weighted by Gasteiger charge is 2.00. The Balaban J connectivity index is 3.35. The van der Waals surface area contributed by atoms with Crippen molar-refractivity contribution in [1.29, 1.82) is 0 Å². The topological polar surface area (TPSA) is 0 Å². The van der Waals surface area contributed by atoms with Crippen LogP contribution in [0.3, 0.4) is 0 Å². The average Bonchev–Trinajstić information content (AvgIpc) is 1.96. The Morgan fingerprint density at radius 3 is 2.55 bits per heavy atom. The van der Waals surface area contributed by atoms with E-state index in [9.17, 15) is 0 Å². The summed E-state index contributed by atoms with van der Waals surface area (Å²) < 4.78 is 2.21. The van der Waals surface area contributed by atoms with Crippen molar-refractivity contribution in [3.8, 4) is 0 Å². The molecule has 0 aliphatic heterocycles. The highest BCUT2D eigenvalue weighted by molar-refractivity contribution is 9.11. The van der Waals surface area contributed by atoms with Crippen molar-refractivity contribution in [3.63, 3.8) is 0 Å². The molecule has 2 heteroatoms. The second kappa shape index (κ2) is 3.55. The predicted molar refractivity (Wildman–Crippen MR) is 56.7 cm³/mol. The van der Waals surface area contributed by atoms with E-state index >= 15 is 0 Å². The van der Waals surface area contributed by atoms with E-state index in [0.717, 1.165) is 14.5 Å². The maximum absolute atomic E-state index is 3.72. The molecule has 1 aromatic carbocycles. The number of halogens is 2. The number of aryl methyl sites for hydroxylation is 1. The van der Waals surface area contributed by atoms with Gasteiger partial charge in [0.2, 0.25) is 0 Å². The van der Waals surface area contributed by atoms with Crippen LogP contribution in [-0.4, -0.2) is 0 Å². The van der Waals surface area contributed by atoms with Gasteiger partial charge in [-0.3, -0.25) is 0 Å². The predicted octanol–water partition coefficient (Wildman–Crippen LogP) is 4.16. The molecule has 0 bridgehead atoms. The van der Waals surface area contributed by atoms with Gasteiger partial charge in [-0.05, 0) is 46.1 Å². The molecule has 0 unspecified atom stereocenters. The minimum absolute atomic E-state index is 1.09. The zero-order valence-electron chi connectivity index (χ0n) is 6.20. The third-order valence-electron chi connectivity index (χ3n) is 1.47. The van der Waals surface area contributed by atoms with Crippen molar-refractivity contribution in [1.82, 2.24) is 0 Å². The van der Waals surface area contributed by atoms with Crippen LogP contribution in [0.15, 0.2) is 27.7 Å². The minimum Gasteiger partial charge on any atom is -0.0984 e. The van der Waals surface area contributed by atoms with Gasteiger partial charge in [0.25, 0.3) is 0 Å². The zero-order valence-corrected chi connectivity index (χ0v) is 9.37. The number of hydrogen-bond acceptors (Lipinski definition) is 0. The van der Waals surface area contributed by atoms with Gasteiger partial charge in [-0.1, -0.05) is 28.6 Å². The standard InChI is InChI=1S/C9H8Br2/c1-3-7-5-8(10)4-6(2)9(7)11/h3-5H,1H2,2H3. The number of hydrogen-bond donors (Lipinski definition) is 0. The number of benzene rings is 1. The highest BCUT2D eigenvalue weighted by Crippen LogP contribution is 2.26. The summed E-state index contributed by atoms with van der Waals surface area (Å²) in [4.78, 5) is 0. The molecule has 0 nitrogen and oxygen atoms in total. The molecule has 0 amide bonds. The lowest BCUT2D eigenvalue weighted by atomic mass is 10.1. The Labute approximate surface area is 83.6 Å². The summed E-state index contributed by atoms with van der Waals surface area (Å²) in [6, 6.07) is 4.10. The Bertz CT molecular complexity index is 290. The zero-order chi connectivity index (χ0) is 8.43. The first-order valence-electron chi connectivity index (χ1n) is 3.23. The molecule has 11 heavy (non-hydrogen) atoms. The smallest absolute Gasteiger partial charge is 0.0277 e. The summed E-state index contributed by atoms with van der Waals surface area (Å²) in [7, 11) is 0.